The van der Waals surface area contributed by atoms with E-state index in [1.807, 2.05) is 55.5 Å². The first kappa shape index (κ1) is 23.2. The van der Waals surface area contributed by atoms with Crippen LogP contribution in [0.2, 0.25) is 0 Å². The molecule has 0 bridgehead atoms. The Bertz CT molecular complexity index is 1410. The first-order valence-corrected chi connectivity index (χ1v) is 12.6. The molecule has 7 nitrogen and oxygen atoms in total. The van der Waals surface area contributed by atoms with Crippen molar-refractivity contribution in [2.75, 3.05) is 36.1 Å². The van der Waals surface area contributed by atoms with E-state index in [-0.39, 0.29) is 11.3 Å². The first-order chi connectivity index (χ1) is 18.0. The highest BCUT2D eigenvalue weighted by Gasteiger charge is 2.47. The summed E-state index contributed by atoms with van der Waals surface area (Å²) in [5, 5.41) is 11.5. The number of ether oxygens (including phenoxy) is 2. The highest BCUT2D eigenvalue weighted by Crippen LogP contribution is 2.44. The molecule has 0 spiro atoms. The van der Waals surface area contributed by atoms with Gasteiger partial charge in [0.2, 0.25) is 0 Å². The fourth-order valence-electron chi connectivity index (χ4n) is 5.43. The zero-order chi connectivity index (χ0) is 25.5. The third kappa shape index (κ3) is 4.00. The molecular weight excluding hydrogens is 468 g/mol. The number of carbonyl (C=O) groups excluding carboxylic acids is 2. The predicted octanol–water partition coefficient (Wildman–Crippen LogP) is 4.99. The molecule has 2 fully saturated rings. The number of ketones is 1. The van der Waals surface area contributed by atoms with Crippen molar-refractivity contribution in [3.8, 4) is 11.5 Å². The van der Waals surface area contributed by atoms with Crippen LogP contribution in [0.5, 0.6) is 11.5 Å². The summed E-state index contributed by atoms with van der Waals surface area (Å²) in [6, 6.07) is 19.6. The number of nitrogens with zero attached hydrogens (tertiary/aromatic N) is 2. The van der Waals surface area contributed by atoms with Gasteiger partial charge in [0.1, 0.15) is 19.0 Å². The molecule has 7 heteroatoms. The highest BCUT2D eigenvalue weighted by atomic mass is 16.6. The Kier molecular flexibility index (Phi) is 5.83. The molecule has 188 valence electrons. The van der Waals surface area contributed by atoms with Gasteiger partial charge in [0, 0.05) is 30.0 Å². The lowest BCUT2D eigenvalue weighted by molar-refractivity contribution is -0.132. The maximum absolute atomic E-state index is 13.5. The highest BCUT2D eigenvalue weighted by molar-refractivity contribution is 6.51. The summed E-state index contributed by atoms with van der Waals surface area (Å²) in [6.45, 7) is 4.83. The minimum atomic E-state index is -0.771. The van der Waals surface area contributed by atoms with E-state index in [9.17, 15) is 14.7 Å². The van der Waals surface area contributed by atoms with E-state index in [1.165, 1.54) is 17.7 Å². The van der Waals surface area contributed by atoms with Crippen LogP contribution in [0.15, 0.2) is 72.3 Å². The van der Waals surface area contributed by atoms with E-state index in [1.54, 1.807) is 18.2 Å². The number of rotatable bonds is 4. The van der Waals surface area contributed by atoms with Crippen molar-refractivity contribution in [2.24, 2.45) is 0 Å². The monoisotopic (exact) mass is 496 g/mol. The Balaban J connectivity index is 1.47. The number of amides is 1. The second-order valence-electron chi connectivity index (χ2n) is 9.59. The third-order valence-corrected chi connectivity index (χ3v) is 7.34. The van der Waals surface area contributed by atoms with E-state index >= 15 is 0 Å². The Morgan fingerprint density at radius 1 is 0.865 bits per heavy atom. The Labute approximate surface area is 215 Å². The standard InChI is InChI=1S/C30H28N2O5/c1-19-6-2-3-7-23(19)27-26(28(33)20-8-13-24-25(18-20)37-17-16-36-24)29(34)30(35)32(27)22-11-9-21(10-12-22)31-14-4-5-15-31/h2-3,6-13,18,27,33H,4-5,14-17H2,1H3/b28-26+. The fraction of sp³-hybridized carbons (Fsp3) is 0.267. The number of carbonyl (C=O) groups is 2. The average Bonchev–Trinajstić information content (AvgIpc) is 3.56. The van der Waals surface area contributed by atoms with Gasteiger partial charge in [-0.15, -0.1) is 0 Å². The van der Waals surface area contributed by atoms with Crippen LogP contribution in [0.25, 0.3) is 5.76 Å². The minimum Gasteiger partial charge on any atom is -0.507 e. The van der Waals surface area contributed by atoms with Gasteiger partial charge < -0.3 is 19.5 Å². The molecule has 3 aromatic carbocycles. The zero-order valence-corrected chi connectivity index (χ0v) is 20.6. The molecule has 6 rings (SSSR count). The molecule has 1 unspecified atom stereocenters. The summed E-state index contributed by atoms with van der Waals surface area (Å²) < 4.78 is 11.3. The van der Waals surface area contributed by atoms with E-state index in [2.05, 4.69) is 4.90 Å². The quantitative estimate of drug-likeness (QED) is 0.311. The van der Waals surface area contributed by atoms with E-state index in [0.29, 0.717) is 36.0 Å². The van der Waals surface area contributed by atoms with Gasteiger partial charge in [-0.05, 0) is 73.4 Å². The minimum absolute atomic E-state index is 0.0552. The van der Waals surface area contributed by atoms with Crippen molar-refractivity contribution in [3.63, 3.8) is 0 Å². The maximum Gasteiger partial charge on any atom is 0.300 e. The molecule has 0 radical (unpaired) electrons. The number of aliphatic hydroxyl groups is 1. The van der Waals surface area contributed by atoms with Crippen molar-refractivity contribution in [3.05, 3.63) is 89.0 Å². The largest absolute Gasteiger partial charge is 0.507 e. The number of benzene rings is 3. The number of aliphatic hydroxyl groups excluding tert-OH is 1. The second-order valence-corrected chi connectivity index (χ2v) is 9.59. The van der Waals surface area contributed by atoms with Crippen LogP contribution < -0.4 is 19.3 Å². The molecule has 3 aliphatic heterocycles. The van der Waals surface area contributed by atoms with Crippen LogP contribution in [0.4, 0.5) is 11.4 Å². The van der Waals surface area contributed by atoms with Gasteiger partial charge in [-0.25, -0.2) is 0 Å². The van der Waals surface area contributed by atoms with Gasteiger partial charge in [0.05, 0.1) is 11.6 Å². The molecule has 3 heterocycles. The molecule has 0 aromatic heterocycles. The topological polar surface area (TPSA) is 79.3 Å². The van der Waals surface area contributed by atoms with Crippen LogP contribution in [0.3, 0.4) is 0 Å². The zero-order valence-electron chi connectivity index (χ0n) is 20.6. The molecule has 3 aliphatic rings. The van der Waals surface area contributed by atoms with Crippen LogP contribution in [0.1, 0.15) is 35.6 Å². The van der Waals surface area contributed by atoms with Gasteiger partial charge in [-0.3, -0.25) is 14.5 Å². The average molecular weight is 497 g/mol. The lowest BCUT2D eigenvalue weighted by Crippen LogP contribution is -2.29. The molecule has 1 atom stereocenters. The molecular formula is C30H28N2O5. The van der Waals surface area contributed by atoms with Crippen LogP contribution in [-0.2, 0) is 9.59 Å². The lowest BCUT2D eigenvalue weighted by Gasteiger charge is -2.27. The predicted molar refractivity (Wildman–Crippen MR) is 141 cm³/mol. The van der Waals surface area contributed by atoms with E-state index in [4.69, 9.17) is 9.47 Å². The van der Waals surface area contributed by atoms with Crippen molar-refractivity contribution in [2.45, 2.75) is 25.8 Å². The van der Waals surface area contributed by atoms with Crippen molar-refractivity contribution >= 4 is 28.8 Å². The third-order valence-electron chi connectivity index (χ3n) is 7.34. The number of anilines is 2. The summed E-state index contributed by atoms with van der Waals surface area (Å²) in [7, 11) is 0. The van der Waals surface area contributed by atoms with Gasteiger partial charge in [-0.2, -0.15) is 0 Å². The summed E-state index contributed by atoms with van der Waals surface area (Å²) >= 11 is 0. The molecule has 1 N–H and O–H groups in total. The van der Waals surface area contributed by atoms with Crippen molar-refractivity contribution in [1.82, 2.24) is 0 Å². The van der Waals surface area contributed by atoms with Crippen LogP contribution in [-0.4, -0.2) is 43.1 Å². The molecule has 2 saturated heterocycles. The van der Waals surface area contributed by atoms with Crippen molar-refractivity contribution < 1.29 is 24.2 Å². The van der Waals surface area contributed by atoms with Gasteiger partial charge in [-0.1, -0.05) is 24.3 Å². The number of hydrogen-bond acceptors (Lipinski definition) is 6. The summed E-state index contributed by atoms with van der Waals surface area (Å²) in [4.78, 5) is 30.8. The summed E-state index contributed by atoms with van der Waals surface area (Å²) in [5.41, 5.74) is 3.86. The molecule has 0 aliphatic carbocycles. The number of fused-ring (bicyclic) bond motifs is 1. The van der Waals surface area contributed by atoms with Crippen molar-refractivity contribution in [1.29, 1.82) is 0 Å². The molecule has 0 saturated carbocycles. The maximum atomic E-state index is 13.5. The molecule has 3 aromatic rings. The SMILES string of the molecule is Cc1ccccc1C1/C(=C(\O)c2ccc3c(c2)OCCO3)C(=O)C(=O)N1c1ccc(N2CCCC2)cc1. The normalized spacial score (nSPS) is 20.5. The van der Waals surface area contributed by atoms with Gasteiger partial charge >= 0.3 is 0 Å². The Morgan fingerprint density at radius 3 is 2.27 bits per heavy atom. The smallest absolute Gasteiger partial charge is 0.300 e. The van der Waals surface area contributed by atoms with Gasteiger partial charge in [0.15, 0.2) is 11.5 Å². The Hall–Kier alpha value is -4.26. The summed E-state index contributed by atoms with van der Waals surface area (Å²) in [6.07, 6.45) is 2.34. The molecule has 37 heavy (non-hydrogen) atoms. The number of hydrogen-bond donors (Lipinski definition) is 1. The first-order valence-electron chi connectivity index (χ1n) is 12.6. The number of Topliss-reactive ketones (excluding diaryl/α,β-unsaturated/α-hetero) is 1. The fourth-order valence-corrected chi connectivity index (χ4v) is 5.43. The van der Waals surface area contributed by atoms with Crippen LogP contribution >= 0.6 is 0 Å². The summed E-state index contributed by atoms with van der Waals surface area (Å²) in [5.74, 6) is -0.545. The number of aryl methyl sites for hydroxylation is 1. The second kappa shape index (κ2) is 9.32. The van der Waals surface area contributed by atoms with Crippen LogP contribution in [0, 0.1) is 6.92 Å². The van der Waals surface area contributed by atoms with E-state index < -0.39 is 17.7 Å². The molecule has 1 amide bonds. The lowest BCUT2D eigenvalue weighted by atomic mass is 9.92. The van der Waals surface area contributed by atoms with E-state index in [0.717, 1.165) is 29.9 Å². The van der Waals surface area contributed by atoms with Gasteiger partial charge in [0.25, 0.3) is 11.7 Å². The Morgan fingerprint density at radius 2 is 1.54 bits per heavy atom.